The Bertz CT molecular complexity index is 524. The van der Waals surface area contributed by atoms with E-state index < -0.39 is 5.97 Å². The molecular formula is C18H18O3. The highest BCUT2D eigenvalue weighted by Crippen LogP contribution is 2.25. The first-order valence-electron chi connectivity index (χ1n) is 6.82. The van der Waals surface area contributed by atoms with Crippen molar-refractivity contribution in [2.45, 2.75) is 6.10 Å². The van der Waals surface area contributed by atoms with Crippen LogP contribution in [0.3, 0.4) is 0 Å². The largest absolute Gasteiger partial charge is 0.460 e. The van der Waals surface area contributed by atoms with Crippen LogP contribution in [-0.4, -0.2) is 19.2 Å². The van der Waals surface area contributed by atoms with Crippen LogP contribution in [0.1, 0.15) is 17.2 Å². The average Bonchev–Trinajstić information content (AvgIpc) is 2.56. The van der Waals surface area contributed by atoms with Crippen molar-refractivity contribution in [1.82, 2.24) is 0 Å². The molecule has 0 unspecified atom stereocenters. The second kappa shape index (κ2) is 8.02. The summed E-state index contributed by atoms with van der Waals surface area (Å²) in [4.78, 5) is 11.0. The van der Waals surface area contributed by atoms with Crippen molar-refractivity contribution in [1.29, 1.82) is 0 Å². The van der Waals surface area contributed by atoms with E-state index >= 15 is 0 Å². The molecule has 0 spiro atoms. The fraction of sp³-hybridized carbons (Fsp3) is 0.167. The van der Waals surface area contributed by atoms with Crippen LogP contribution >= 0.6 is 0 Å². The third-order valence-electron chi connectivity index (χ3n) is 2.98. The fourth-order valence-electron chi connectivity index (χ4n) is 2.01. The predicted octanol–water partition coefficient (Wildman–Crippen LogP) is 3.52. The molecule has 21 heavy (non-hydrogen) atoms. The van der Waals surface area contributed by atoms with Gasteiger partial charge < -0.3 is 9.47 Å². The first kappa shape index (κ1) is 15.0. The maximum Gasteiger partial charge on any atom is 0.330 e. The molecule has 108 valence electrons. The molecule has 0 aliphatic heterocycles. The Morgan fingerprint density at radius 3 is 1.95 bits per heavy atom. The average molecular weight is 282 g/mol. The number of carbonyl (C=O) groups is 1. The van der Waals surface area contributed by atoms with Crippen LogP contribution < -0.4 is 0 Å². The number of esters is 1. The molecule has 0 atom stereocenters. The molecule has 0 bridgehead atoms. The number of hydrogen-bond donors (Lipinski definition) is 0. The maximum atomic E-state index is 11.0. The van der Waals surface area contributed by atoms with Gasteiger partial charge in [0.05, 0.1) is 6.61 Å². The molecule has 0 saturated heterocycles. The standard InChI is InChI=1S/C18H18O3/c1-2-17(19)20-13-14-21-18(15-9-5-3-6-10-15)16-11-7-4-8-12-16/h2-12,18H,1,13-14H2. The van der Waals surface area contributed by atoms with Gasteiger partial charge in [-0.25, -0.2) is 4.79 Å². The van der Waals surface area contributed by atoms with E-state index in [9.17, 15) is 4.79 Å². The predicted molar refractivity (Wildman–Crippen MR) is 81.8 cm³/mol. The summed E-state index contributed by atoms with van der Waals surface area (Å²) in [6, 6.07) is 19.9. The highest BCUT2D eigenvalue weighted by Gasteiger charge is 2.14. The summed E-state index contributed by atoms with van der Waals surface area (Å²) >= 11 is 0. The molecular weight excluding hydrogens is 264 g/mol. The lowest BCUT2D eigenvalue weighted by atomic mass is 10.0. The van der Waals surface area contributed by atoms with E-state index in [1.807, 2.05) is 60.7 Å². The normalized spacial score (nSPS) is 10.3. The zero-order valence-corrected chi connectivity index (χ0v) is 11.8. The summed E-state index contributed by atoms with van der Waals surface area (Å²) < 4.78 is 10.8. The van der Waals surface area contributed by atoms with Crippen LogP contribution in [-0.2, 0) is 14.3 Å². The van der Waals surface area contributed by atoms with Crippen LogP contribution in [0, 0.1) is 0 Å². The summed E-state index contributed by atoms with van der Waals surface area (Å²) in [5.41, 5.74) is 2.14. The Kier molecular flexibility index (Phi) is 5.73. The quantitative estimate of drug-likeness (QED) is 0.443. The number of hydrogen-bond acceptors (Lipinski definition) is 3. The summed E-state index contributed by atoms with van der Waals surface area (Å²) in [6.45, 7) is 3.89. The van der Waals surface area contributed by atoms with Crippen molar-refractivity contribution in [2.24, 2.45) is 0 Å². The third kappa shape index (κ3) is 4.58. The molecule has 0 aliphatic carbocycles. The first-order valence-corrected chi connectivity index (χ1v) is 6.82. The number of ether oxygens (including phenoxy) is 2. The molecule has 0 aromatic heterocycles. The van der Waals surface area contributed by atoms with Gasteiger partial charge in [-0.2, -0.15) is 0 Å². The number of carbonyl (C=O) groups excluding carboxylic acids is 1. The van der Waals surface area contributed by atoms with E-state index in [-0.39, 0.29) is 12.7 Å². The Labute approximate surface area is 124 Å². The molecule has 2 aromatic carbocycles. The molecule has 0 heterocycles. The van der Waals surface area contributed by atoms with Gasteiger partial charge >= 0.3 is 5.97 Å². The minimum Gasteiger partial charge on any atom is -0.460 e. The van der Waals surface area contributed by atoms with E-state index in [0.29, 0.717) is 6.61 Å². The summed E-state index contributed by atoms with van der Waals surface area (Å²) in [5, 5.41) is 0. The van der Waals surface area contributed by atoms with E-state index in [1.165, 1.54) is 0 Å². The van der Waals surface area contributed by atoms with Gasteiger partial charge in [-0.1, -0.05) is 67.2 Å². The van der Waals surface area contributed by atoms with Gasteiger partial charge in [-0.05, 0) is 11.1 Å². The lowest BCUT2D eigenvalue weighted by Gasteiger charge is -2.18. The fourth-order valence-corrected chi connectivity index (χ4v) is 2.01. The lowest BCUT2D eigenvalue weighted by Crippen LogP contribution is -2.13. The summed E-state index contributed by atoms with van der Waals surface area (Å²) in [6.07, 6.45) is 0.973. The van der Waals surface area contributed by atoms with Crippen molar-refractivity contribution in [3.63, 3.8) is 0 Å². The van der Waals surface area contributed by atoms with Crippen LogP contribution in [0.5, 0.6) is 0 Å². The summed E-state index contributed by atoms with van der Waals surface area (Å²) in [7, 11) is 0. The van der Waals surface area contributed by atoms with Gasteiger partial charge in [0.2, 0.25) is 0 Å². The van der Waals surface area contributed by atoms with E-state index in [2.05, 4.69) is 6.58 Å². The summed E-state index contributed by atoms with van der Waals surface area (Å²) in [5.74, 6) is -0.436. The second-order valence-electron chi connectivity index (χ2n) is 4.44. The second-order valence-corrected chi connectivity index (χ2v) is 4.44. The van der Waals surface area contributed by atoms with Crippen LogP contribution in [0.4, 0.5) is 0 Å². The molecule has 3 heteroatoms. The van der Waals surface area contributed by atoms with Gasteiger partial charge in [0.15, 0.2) is 0 Å². The minimum atomic E-state index is -0.436. The van der Waals surface area contributed by atoms with Gasteiger partial charge in [0.25, 0.3) is 0 Å². The van der Waals surface area contributed by atoms with Crippen molar-refractivity contribution in [2.75, 3.05) is 13.2 Å². The molecule has 3 nitrogen and oxygen atoms in total. The van der Waals surface area contributed by atoms with E-state index in [4.69, 9.17) is 9.47 Å². The van der Waals surface area contributed by atoms with Crippen LogP contribution in [0.25, 0.3) is 0 Å². The molecule has 0 fully saturated rings. The monoisotopic (exact) mass is 282 g/mol. The molecule has 2 rings (SSSR count). The highest BCUT2D eigenvalue weighted by molar-refractivity contribution is 5.81. The molecule has 0 N–H and O–H groups in total. The molecule has 0 aliphatic rings. The molecule has 0 amide bonds. The van der Waals surface area contributed by atoms with Gasteiger partial charge in [0, 0.05) is 6.08 Å². The molecule has 0 saturated carbocycles. The van der Waals surface area contributed by atoms with Crippen LogP contribution in [0.2, 0.25) is 0 Å². The third-order valence-corrected chi connectivity index (χ3v) is 2.98. The Hall–Kier alpha value is -2.39. The smallest absolute Gasteiger partial charge is 0.330 e. The number of rotatable bonds is 7. The molecule has 2 aromatic rings. The van der Waals surface area contributed by atoms with Crippen molar-refractivity contribution in [3.05, 3.63) is 84.4 Å². The minimum absolute atomic E-state index is 0.171. The van der Waals surface area contributed by atoms with Gasteiger partial charge in [0.1, 0.15) is 12.7 Å². The number of benzene rings is 2. The highest BCUT2D eigenvalue weighted by atomic mass is 16.6. The first-order chi connectivity index (χ1) is 10.3. The van der Waals surface area contributed by atoms with E-state index in [0.717, 1.165) is 17.2 Å². The topological polar surface area (TPSA) is 35.5 Å². The van der Waals surface area contributed by atoms with Crippen molar-refractivity contribution < 1.29 is 14.3 Å². The van der Waals surface area contributed by atoms with Crippen molar-refractivity contribution >= 4 is 5.97 Å². The van der Waals surface area contributed by atoms with Crippen LogP contribution in [0.15, 0.2) is 73.3 Å². The zero-order chi connectivity index (χ0) is 14.9. The van der Waals surface area contributed by atoms with Gasteiger partial charge in [-0.15, -0.1) is 0 Å². The van der Waals surface area contributed by atoms with Crippen molar-refractivity contribution in [3.8, 4) is 0 Å². The van der Waals surface area contributed by atoms with E-state index in [1.54, 1.807) is 0 Å². The zero-order valence-electron chi connectivity index (χ0n) is 11.8. The SMILES string of the molecule is C=CC(=O)OCCOC(c1ccccc1)c1ccccc1. The molecule has 0 radical (unpaired) electrons. The lowest BCUT2D eigenvalue weighted by molar-refractivity contribution is -0.139. The maximum absolute atomic E-state index is 11.0. The van der Waals surface area contributed by atoms with Gasteiger partial charge in [-0.3, -0.25) is 0 Å². The Morgan fingerprint density at radius 1 is 0.952 bits per heavy atom. The Balaban J connectivity index is 2.03. The Morgan fingerprint density at radius 2 is 1.48 bits per heavy atom.